The normalized spacial score (nSPS) is 14.7. The van der Waals surface area contributed by atoms with Crippen LogP contribution in [0.15, 0.2) is 22.7 Å². The summed E-state index contributed by atoms with van der Waals surface area (Å²) >= 11 is 9.51. The van der Waals surface area contributed by atoms with E-state index in [9.17, 15) is 9.59 Å². The topological polar surface area (TPSA) is 49.9 Å². The zero-order valence-electron chi connectivity index (χ0n) is 11.6. The van der Waals surface area contributed by atoms with Gasteiger partial charge in [0.05, 0.1) is 23.7 Å². The molecule has 1 saturated heterocycles. The lowest BCUT2D eigenvalue weighted by atomic mass is 10.3. The smallest absolute Gasteiger partial charge is 0.324 e. The predicted octanol–water partition coefficient (Wildman–Crippen LogP) is 3.30. The van der Waals surface area contributed by atoms with Crippen LogP contribution < -0.4 is 4.90 Å². The van der Waals surface area contributed by atoms with Gasteiger partial charge in [0, 0.05) is 24.1 Å². The van der Waals surface area contributed by atoms with Crippen LogP contribution in [0.25, 0.3) is 0 Å². The molecular weight excluding hydrogens is 360 g/mol. The molecular formula is C14H16BrClN2O3. The van der Waals surface area contributed by atoms with E-state index in [1.807, 2.05) is 6.07 Å². The molecule has 0 saturated carbocycles. The number of esters is 1. The molecule has 0 atom stereocenters. The van der Waals surface area contributed by atoms with E-state index in [0.717, 1.165) is 4.47 Å². The Hall–Kier alpha value is -1.27. The summed E-state index contributed by atoms with van der Waals surface area (Å²) in [7, 11) is 0. The fourth-order valence-electron chi connectivity index (χ4n) is 2.17. The van der Waals surface area contributed by atoms with Gasteiger partial charge in [-0.15, -0.1) is 0 Å². The lowest BCUT2D eigenvalue weighted by Gasteiger charge is -2.19. The summed E-state index contributed by atoms with van der Waals surface area (Å²) in [4.78, 5) is 27.0. The molecule has 0 unspecified atom stereocenters. The Labute approximate surface area is 136 Å². The van der Waals surface area contributed by atoms with Crippen molar-refractivity contribution < 1.29 is 14.3 Å². The second-order valence-corrected chi connectivity index (χ2v) is 5.89. The van der Waals surface area contributed by atoms with Gasteiger partial charge in [0.25, 0.3) is 0 Å². The van der Waals surface area contributed by atoms with Gasteiger partial charge in [0.1, 0.15) is 0 Å². The van der Waals surface area contributed by atoms with Gasteiger partial charge in [-0.2, -0.15) is 0 Å². The number of amides is 2. The Kier molecular flexibility index (Phi) is 5.47. The highest BCUT2D eigenvalue weighted by Crippen LogP contribution is 2.31. The van der Waals surface area contributed by atoms with Gasteiger partial charge in [-0.1, -0.05) is 27.5 Å². The molecule has 0 N–H and O–H groups in total. The average Bonchev–Trinajstić information content (AvgIpc) is 2.78. The summed E-state index contributed by atoms with van der Waals surface area (Å²) in [5, 5.41) is 0.518. The van der Waals surface area contributed by atoms with Crippen molar-refractivity contribution in [2.75, 3.05) is 31.1 Å². The highest BCUT2D eigenvalue weighted by molar-refractivity contribution is 9.10. The zero-order chi connectivity index (χ0) is 15.4. The number of hydrogen-bond donors (Lipinski definition) is 0. The van der Waals surface area contributed by atoms with Crippen molar-refractivity contribution in [3.05, 3.63) is 27.7 Å². The van der Waals surface area contributed by atoms with Crippen molar-refractivity contribution in [1.82, 2.24) is 4.90 Å². The number of benzene rings is 1. The predicted molar refractivity (Wildman–Crippen MR) is 84.7 cm³/mol. The highest BCUT2D eigenvalue weighted by Gasteiger charge is 2.30. The molecule has 2 rings (SSSR count). The highest BCUT2D eigenvalue weighted by atomic mass is 79.9. The van der Waals surface area contributed by atoms with E-state index in [-0.39, 0.29) is 18.4 Å². The number of halogens is 2. The zero-order valence-corrected chi connectivity index (χ0v) is 14.0. The number of ether oxygens (including phenoxy) is 1. The maximum atomic E-state index is 12.3. The van der Waals surface area contributed by atoms with Crippen LogP contribution in [-0.2, 0) is 9.53 Å². The summed E-state index contributed by atoms with van der Waals surface area (Å²) < 4.78 is 5.73. The number of nitrogens with zero attached hydrogens (tertiary/aromatic N) is 2. The van der Waals surface area contributed by atoms with Gasteiger partial charge < -0.3 is 9.64 Å². The molecule has 1 heterocycles. The fourth-order valence-corrected chi connectivity index (χ4v) is 2.95. The minimum absolute atomic E-state index is 0.136. The SMILES string of the molecule is CCOC(=O)CCN1CCN(c2ccc(Br)cc2Cl)C1=O. The quantitative estimate of drug-likeness (QED) is 0.742. The molecule has 1 fully saturated rings. The second kappa shape index (κ2) is 7.13. The maximum Gasteiger partial charge on any atom is 0.324 e. The average molecular weight is 376 g/mol. The maximum absolute atomic E-state index is 12.3. The third-order valence-corrected chi connectivity index (χ3v) is 3.98. The van der Waals surface area contributed by atoms with Gasteiger partial charge in [0.2, 0.25) is 0 Å². The van der Waals surface area contributed by atoms with E-state index in [4.69, 9.17) is 16.3 Å². The summed E-state index contributed by atoms with van der Waals surface area (Å²) in [6.45, 7) is 3.61. The van der Waals surface area contributed by atoms with Crippen molar-refractivity contribution in [2.45, 2.75) is 13.3 Å². The van der Waals surface area contributed by atoms with E-state index in [1.165, 1.54) is 0 Å². The van der Waals surface area contributed by atoms with Crippen LogP contribution >= 0.6 is 27.5 Å². The first-order valence-corrected chi connectivity index (χ1v) is 7.87. The molecule has 2 amide bonds. The third kappa shape index (κ3) is 3.89. The van der Waals surface area contributed by atoms with Gasteiger partial charge in [0.15, 0.2) is 0 Å². The number of anilines is 1. The Balaban J connectivity index is 1.99. The Morgan fingerprint density at radius 2 is 2.19 bits per heavy atom. The Morgan fingerprint density at radius 1 is 1.43 bits per heavy atom. The van der Waals surface area contributed by atoms with Gasteiger partial charge in [-0.05, 0) is 25.1 Å². The first-order valence-electron chi connectivity index (χ1n) is 6.70. The first kappa shape index (κ1) is 16.1. The number of carbonyl (C=O) groups is 2. The van der Waals surface area contributed by atoms with Crippen LogP contribution in [0, 0.1) is 0 Å². The van der Waals surface area contributed by atoms with E-state index < -0.39 is 0 Å². The van der Waals surface area contributed by atoms with E-state index in [1.54, 1.807) is 28.9 Å². The van der Waals surface area contributed by atoms with Crippen molar-refractivity contribution in [3.63, 3.8) is 0 Å². The van der Waals surface area contributed by atoms with E-state index >= 15 is 0 Å². The number of hydrogen-bond acceptors (Lipinski definition) is 3. The van der Waals surface area contributed by atoms with Crippen LogP contribution in [0.2, 0.25) is 5.02 Å². The molecule has 1 aromatic rings. The van der Waals surface area contributed by atoms with Gasteiger partial charge in [-0.25, -0.2) is 4.79 Å². The van der Waals surface area contributed by atoms with Crippen LogP contribution in [0.4, 0.5) is 10.5 Å². The van der Waals surface area contributed by atoms with Crippen LogP contribution in [-0.4, -0.2) is 43.1 Å². The summed E-state index contributed by atoms with van der Waals surface area (Å²) in [5.41, 5.74) is 0.684. The molecule has 0 spiro atoms. The Morgan fingerprint density at radius 3 is 2.86 bits per heavy atom. The van der Waals surface area contributed by atoms with Crippen molar-refractivity contribution >= 4 is 45.2 Å². The molecule has 114 valence electrons. The number of carbonyl (C=O) groups excluding carboxylic acids is 2. The Bertz CT molecular complexity index is 553. The van der Waals surface area contributed by atoms with Crippen LogP contribution in [0.1, 0.15) is 13.3 Å². The molecule has 1 aliphatic heterocycles. The molecule has 7 heteroatoms. The molecule has 1 aromatic carbocycles. The first-order chi connectivity index (χ1) is 10.0. The third-order valence-electron chi connectivity index (χ3n) is 3.19. The molecule has 0 aromatic heterocycles. The molecule has 0 bridgehead atoms. The van der Waals surface area contributed by atoms with Crippen molar-refractivity contribution in [2.24, 2.45) is 0 Å². The number of urea groups is 1. The molecule has 0 radical (unpaired) electrons. The standard InChI is InChI=1S/C14H16BrClN2O3/c1-2-21-13(19)5-6-17-7-8-18(14(17)20)12-4-3-10(15)9-11(12)16/h3-4,9H,2,5-8H2,1H3. The summed E-state index contributed by atoms with van der Waals surface area (Å²) in [5.74, 6) is -0.287. The summed E-state index contributed by atoms with van der Waals surface area (Å²) in [6, 6.07) is 5.27. The van der Waals surface area contributed by atoms with Gasteiger partial charge >= 0.3 is 12.0 Å². The van der Waals surface area contributed by atoms with Crippen LogP contribution in [0.3, 0.4) is 0 Å². The minimum Gasteiger partial charge on any atom is -0.466 e. The monoisotopic (exact) mass is 374 g/mol. The number of rotatable bonds is 5. The minimum atomic E-state index is -0.287. The molecule has 21 heavy (non-hydrogen) atoms. The van der Waals surface area contributed by atoms with Gasteiger partial charge in [-0.3, -0.25) is 9.69 Å². The largest absolute Gasteiger partial charge is 0.466 e. The molecule has 1 aliphatic rings. The fraction of sp³-hybridized carbons (Fsp3) is 0.429. The van der Waals surface area contributed by atoms with Crippen molar-refractivity contribution in [1.29, 1.82) is 0 Å². The lowest BCUT2D eigenvalue weighted by Crippen LogP contribution is -2.33. The molecule has 5 nitrogen and oxygen atoms in total. The second-order valence-electron chi connectivity index (χ2n) is 4.57. The summed E-state index contributed by atoms with van der Waals surface area (Å²) in [6.07, 6.45) is 0.210. The lowest BCUT2D eigenvalue weighted by molar-refractivity contribution is -0.143. The van der Waals surface area contributed by atoms with Crippen molar-refractivity contribution in [3.8, 4) is 0 Å². The molecule has 0 aliphatic carbocycles. The van der Waals surface area contributed by atoms with E-state index in [2.05, 4.69) is 15.9 Å². The van der Waals surface area contributed by atoms with E-state index in [0.29, 0.717) is 37.0 Å². The van der Waals surface area contributed by atoms with Crippen LogP contribution in [0.5, 0.6) is 0 Å².